The number of hydrogen-bond acceptors (Lipinski definition) is 4. The first-order valence-electron chi connectivity index (χ1n) is 8.00. The Morgan fingerprint density at radius 1 is 0.630 bits per heavy atom. The van der Waals surface area contributed by atoms with E-state index in [1.807, 2.05) is 13.8 Å². The molecule has 0 saturated heterocycles. The molecule has 0 bridgehead atoms. The Morgan fingerprint density at radius 3 is 1.07 bits per heavy atom. The number of benzene rings is 2. The Kier molecular flexibility index (Phi) is 13.5. The van der Waals surface area contributed by atoms with Crippen LogP contribution in [0.1, 0.15) is 36.1 Å². The van der Waals surface area contributed by atoms with Gasteiger partial charge in [0.25, 0.3) is 0 Å². The van der Waals surface area contributed by atoms with Crippen molar-refractivity contribution in [3.63, 3.8) is 0 Å². The molecule has 0 amide bonds. The first-order valence-corrected chi connectivity index (χ1v) is 8.00. The van der Waals surface area contributed by atoms with Gasteiger partial charge in [-0.3, -0.25) is 9.98 Å². The van der Waals surface area contributed by atoms with Gasteiger partial charge in [-0.2, -0.15) is 0 Å². The van der Waals surface area contributed by atoms with Crippen LogP contribution in [0.3, 0.4) is 0 Å². The van der Waals surface area contributed by atoms with E-state index in [2.05, 4.69) is 64.1 Å². The monoisotopic (exact) mass is 408 g/mol. The van der Waals surface area contributed by atoms with E-state index in [1.165, 1.54) is 22.3 Å². The fraction of sp³-hybridized carbons (Fsp3) is 0.300. The van der Waals surface area contributed by atoms with Crippen LogP contribution in [0.4, 0.5) is 11.4 Å². The molecule has 6 nitrogen and oxygen atoms in total. The molecule has 0 aliphatic rings. The molecular weight excluding hydrogens is 384 g/mol. The van der Waals surface area contributed by atoms with E-state index in [9.17, 15) is 0 Å². The Labute approximate surface area is 171 Å². The normalized spacial score (nSPS) is 10.6. The summed E-state index contributed by atoms with van der Waals surface area (Å²) >= 11 is 0. The van der Waals surface area contributed by atoms with Crippen LogP contribution in [-0.4, -0.2) is 11.4 Å². The molecular formula is C20H24FeN4O2. The molecule has 2 aromatic carbocycles. The summed E-state index contributed by atoms with van der Waals surface area (Å²) in [6, 6.07) is 12.5. The van der Waals surface area contributed by atoms with Crippen molar-refractivity contribution < 1.29 is 17.1 Å². The molecule has 2 rings (SSSR count). The quantitative estimate of drug-likeness (QED) is 0.532. The molecule has 2 aromatic rings. The van der Waals surface area contributed by atoms with Gasteiger partial charge in [-0.1, -0.05) is 36.4 Å². The Morgan fingerprint density at radius 2 is 0.852 bits per heavy atom. The van der Waals surface area contributed by atoms with Crippen molar-refractivity contribution >= 4 is 22.8 Å². The molecule has 0 heterocycles. The van der Waals surface area contributed by atoms with E-state index in [4.69, 9.17) is 31.0 Å². The third kappa shape index (κ3) is 7.72. The van der Waals surface area contributed by atoms with Crippen LogP contribution in [-0.2, 0) is 17.1 Å². The van der Waals surface area contributed by atoms with Crippen LogP contribution < -0.4 is 11.2 Å². The maximum absolute atomic E-state index is 7.25. The number of nitroso groups, excluding NO2 is 2. The van der Waals surface area contributed by atoms with Crippen molar-refractivity contribution in [2.75, 3.05) is 0 Å². The summed E-state index contributed by atoms with van der Waals surface area (Å²) in [6.45, 7) is 12.4. The topological polar surface area (TPSA) is 103 Å². The smallest absolute Gasteiger partial charge is 0.120 e. The van der Waals surface area contributed by atoms with Crippen LogP contribution in [0.25, 0.3) is 0 Å². The maximum atomic E-state index is 7.25. The summed E-state index contributed by atoms with van der Waals surface area (Å²) in [5.74, 6) is 0. The van der Waals surface area contributed by atoms with E-state index in [1.54, 1.807) is 0 Å². The molecule has 0 atom stereocenters. The number of hydrogen-bond donors (Lipinski definition) is 0. The van der Waals surface area contributed by atoms with E-state index < -0.39 is 0 Å². The molecule has 144 valence electrons. The van der Waals surface area contributed by atoms with Gasteiger partial charge < -0.3 is 0 Å². The molecule has 0 aliphatic heterocycles. The molecule has 27 heavy (non-hydrogen) atoms. The van der Waals surface area contributed by atoms with E-state index in [-0.39, 0.29) is 17.1 Å². The van der Waals surface area contributed by atoms with Gasteiger partial charge in [-0.05, 0) is 63.8 Å². The van der Waals surface area contributed by atoms with Crippen molar-refractivity contribution in [1.29, 1.82) is 0 Å². The second kappa shape index (κ2) is 13.7. The van der Waals surface area contributed by atoms with Gasteiger partial charge in [0.15, 0.2) is 0 Å². The fourth-order valence-corrected chi connectivity index (χ4v) is 2.46. The second-order valence-electron chi connectivity index (χ2n) is 5.88. The first-order chi connectivity index (χ1) is 12.4. The van der Waals surface area contributed by atoms with Crippen molar-refractivity contribution in [1.82, 2.24) is 11.2 Å². The second-order valence-corrected chi connectivity index (χ2v) is 5.88. The van der Waals surface area contributed by atoms with Gasteiger partial charge in [0.05, 0.1) is 22.8 Å². The van der Waals surface area contributed by atoms with Crippen molar-refractivity contribution in [3.8, 4) is 0 Å². The third-order valence-corrected chi connectivity index (χ3v) is 3.96. The van der Waals surface area contributed by atoms with E-state index in [0.717, 1.165) is 22.8 Å². The standard InChI is InChI=1S/C20H24N2.Fe.2NO/c1-13-9-7-10-14(2)19(13)21-17(5)18(6)22-20-15(3)11-8-12-16(20)4;;2*1-2/h7-12H,1-6H3;;;. The molecule has 0 unspecified atom stereocenters. The number of aliphatic imine (C=N–C) groups is 2. The Balaban J connectivity index is 0. The van der Waals surface area contributed by atoms with Crippen molar-refractivity contribution in [2.24, 2.45) is 9.98 Å². The SMILES string of the molecule is CC(=Nc1c(C)cccc1C)C(C)=Nc1c(C)cccc1C.[Fe].[N]=O.[N]=O. The van der Waals surface area contributed by atoms with Gasteiger partial charge in [0.1, 0.15) is 11.2 Å². The minimum atomic E-state index is 0. The zero-order chi connectivity index (χ0) is 20.3. The van der Waals surface area contributed by atoms with Crippen LogP contribution in [0, 0.1) is 37.5 Å². The summed E-state index contributed by atoms with van der Waals surface area (Å²) in [4.78, 5) is 24.1. The minimum Gasteiger partial charge on any atom is -0.251 e. The summed E-state index contributed by atoms with van der Waals surface area (Å²) in [5.41, 5.74) is 20.3. The summed E-state index contributed by atoms with van der Waals surface area (Å²) < 4.78 is 0. The van der Waals surface area contributed by atoms with E-state index in [0.29, 0.717) is 0 Å². The van der Waals surface area contributed by atoms with Crippen LogP contribution >= 0.6 is 0 Å². The predicted octanol–water partition coefficient (Wildman–Crippen LogP) is 4.91. The molecule has 0 N–H and O–H groups in total. The predicted molar refractivity (Wildman–Crippen MR) is 108 cm³/mol. The zero-order valence-corrected chi connectivity index (χ0v) is 17.5. The van der Waals surface area contributed by atoms with E-state index >= 15 is 0 Å². The fourth-order valence-electron chi connectivity index (χ4n) is 2.46. The van der Waals surface area contributed by atoms with Gasteiger partial charge in [-0.25, -0.2) is 0 Å². The molecule has 0 spiro atoms. The average molecular weight is 408 g/mol. The van der Waals surface area contributed by atoms with Crippen LogP contribution in [0.15, 0.2) is 46.4 Å². The molecule has 7 heteroatoms. The number of nitrogens with zero attached hydrogens (tertiary/aromatic N) is 4. The number of aryl methyl sites for hydroxylation is 4. The largest absolute Gasteiger partial charge is 0.251 e. The molecule has 0 aromatic heterocycles. The van der Waals surface area contributed by atoms with Crippen LogP contribution in [0.5, 0.6) is 0 Å². The van der Waals surface area contributed by atoms with Gasteiger partial charge in [-0.15, -0.1) is 9.81 Å². The van der Waals surface area contributed by atoms with Gasteiger partial charge >= 0.3 is 0 Å². The van der Waals surface area contributed by atoms with Crippen molar-refractivity contribution in [3.05, 3.63) is 68.5 Å². The molecule has 0 fully saturated rings. The van der Waals surface area contributed by atoms with Crippen LogP contribution in [0.2, 0.25) is 0 Å². The molecule has 0 saturated carbocycles. The summed E-state index contributed by atoms with van der Waals surface area (Å²) in [6.07, 6.45) is 0. The van der Waals surface area contributed by atoms with Gasteiger partial charge in [0.2, 0.25) is 0 Å². The number of para-hydroxylation sites is 2. The molecule has 0 aliphatic carbocycles. The third-order valence-electron chi connectivity index (χ3n) is 3.96. The first kappa shape index (κ1) is 26.7. The minimum absolute atomic E-state index is 0. The molecule has 2 radical (unpaired) electrons. The summed E-state index contributed by atoms with van der Waals surface area (Å²) in [5, 5.41) is 0. The van der Waals surface area contributed by atoms with Gasteiger partial charge in [0, 0.05) is 17.1 Å². The number of rotatable bonds is 3. The van der Waals surface area contributed by atoms with Crippen molar-refractivity contribution in [2.45, 2.75) is 41.5 Å². The maximum Gasteiger partial charge on any atom is 0.120 e. The Bertz CT molecular complexity index is 697. The Hall–Kier alpha value is -2.50. The zero-order valence-electron chi connectivity index (χ0n) is 16.4. The average Bonchev–Trinajstić information content (AvgIpc) is 2.64. The summed E-state index contributed by atoms with van der Waals surface area (Å²) in [7, 11) is 0.